The lowest BCUT2D eigenvalue weighted by atomic mass is 10.1. The van der Waals surface area contributed by atoms with Gasteiger partial charge < -0.3 is 0 Å². The third kappa shape index (κ3) is 20.5. The Hall–Kier alpha value is -5.95. The van der Waals surface area contributed by atoms with E-state index in [1.807, 2.05) is 104 Å². The molecule has 0 aromatic carbocycles. The minimum Gasteiger partial charge on any atom is -0.264 e. The van der Waals surface area contributed by atoms with E-state index in [4.69, 9.17) is 0 Å². The standard InChI is InChI=1S/C9H13N.6C8H11N/c1-6-5-10-9(4)8(3)7(6)2;1-6-4-9-5-7(2)8(6)3;1-6-4-8(3)9-5-7(6)2;2*1-6-4-7(2)8(3)9-5-6;1-6-4-5-9-8(3)7(6)2;1-6-4-5-7(2)9-8(6)3/h5H,1-4H3;6*4-5H,1-3H3. The molecule has 7 aromatic rings. The van der Waals surface area contributed by atoms with Crippen LogP contribution in [-0.2, 0) is 0 Å². The van der Waals surface area contributed by atoms with Crippen molar-refractivity contribution in [1.29, 1.82) is 0 Å². The fourth-order valence-corrected chi connectivity index (χ4v) is 5.58. The van der Waals surface area contributed by atoms with Crippen molar-refractivity contribution in [3.8, 4) is 0 Å². The maximum Gasteiger partial charge on any atom is 0.0404 e. The van der Waals surface area contributed by atoms with E-state index in [1.165, 1.54) is 83.5 Å². The predicted molar refractivity (Wildman–Crippen MR) is 274 cm³/mol. The van der Waals surface area contributed by atoms with Crippen LogP contribution >= 0.6 is 0 Å². The number of nitrogens with zero attached hydrogens (tertiary/aromatic N) is 7. The summed E-state index contributed by atoms with van der Waals surface area (Å²) in [6.07, 6.45) is 13.2. The fraction of sp³-hybridized carbons (Fsp3) is 0.386. The van der Waals surface area contributed by atoms with Crippen LogP contribution in [0, 0.1) is 152 Å². The summed E-state index contributed by atoms with van der Waals surface area (Å²) in [7, 11) is 0. The van der Waals surface area contributed by atoms with Gasteiger partial charge in [0.25, 0.3) is 0 Å². The molecule has 0 unspecified atom stereocenters. The van der Waals surface area contributed by atoms with E-state index in [0.717, 1.165) is 39.9 Å². The van der Waals surface area contributed by atoms with Gasteiger partial charge in [-0.2, -0.15) is 0 Å². The largest absolute Gasteiger partial charge is 0.264 e. The Morgan fingerprint density at radius 1 is 0.266 bits per heavy atom. The highest BCUT2D eigenvalue weighted by Gasteiger charge is 2.00. The van der Waals surface area contributed by atoms with Gasteiger partial charge in [0.05, 0.1) is 0 Å². The quantitative estimate of drug-likeness (QED) is 0.150. The van der Waals surface area contributed by atoms with Crippen LogP contribution in [0.4, 0.5) is 0 Å². The second kappa shape index (κ2) is 28.0. The number of hydrogen-bond donors (Lipinski definition) is 0. The van der Waals surface area contributed by atoms with Crippen LogP contribution in [-0.4, -0.2) is 34.9 Å². The van der Waals surface area contributed by atoms with Gasteiger partial charge in [-0.15, -0.1) is 0 Å². The lowest BCUT2D eigenvalue weighted by molar-refractivity contribution is 1.09. The second-order valence-electron chi connectivity index (χ2n) is 17.1. The molecule has 7 heteroatoms. The van der Waals surface area contributed by atoms with E-state index in [-0.39, 0.29) is 0 Å². The van der Waals surface area contributed by atoms with Crippen molar-refractivity contribution in [2.24, 2.45) is 0 Å². The Morgan fingerprint density at radius 3 is 1.11 bits per heavy atom. The van der Waals surface area contributed by atoms with Crippen LogP contribution in [0.5, 0.6) is 0 Å². The summed E-state index contributed by atoms with van der Waals surface area (Å²) in [6.45, 7) is 45.5. The molecule has 0 aliphatic rings. The highest BCUT2D eigenvalue weighted by atomic mass is 14.7. The molecule has 0 aliphatic carbocycles. The molecule has 0 radical (unpaired) electrons. The highest BCUT2D eigenvalue weighted by Crippen LogP contribution is 2.13. The number of rotatable bonds is 0. The molecular formula is C57H79N7. The number of pyridine rings is 7. The molecule has 64 heavy (non-hydrogen) atoms. The number of hydrogen-bond acceptors (Lipinski definition) is 7. The highest BCUT2D eigenvalue weighted by molar-refractivity contribution is 5.33. The van der Waals surface area contributed by atoms with Gasteiger partial charge in [-0.3, -0.25) is 34.9 Å². The molecule has 7 rings (SSSR count). The van der Waals surface area contributed by atoms with Crippen LogP contribution in [0.15, 0.2) is 79.8 Å². The van der Waals surface area contributed by atoms with Crippen molar-refractivity contribution < 1.29 is 0 Å². The number of aryl methyl sites for hydroxylation is 18. The van der Waals surface area contributed by atoms with Crippen LogP contribution in [0.3, 0.4) is 0 Å². The van der Waals surface area contributed by atoms with Gasteiger partial charge in [0.15, 0.2) is 0 Å². The van der Waals surface area contributed by atoms with Crippen molar-refractivity contribution >= 4 is 0 Å². The summed E-state index contributed by atoms with van der Waals surface area (Å²) in [6, 6.07) is 12.5. The zero-order valence-corrected chi connectivity index (χ0v) is 43.6. The average Bonchev–Trinajstić information content (AvgIpc) is 3.24. The Labute approximate surface area is 388 Å². The van der Waals surface area contributed by atoms with E-state index in [1.54, 1.807) is 0 Å². The van der Waals surface area contributed by atoms with Gasteiger partial charge in [-0.1, -0.05) is 18.2 Å². The first kappa shape index (κ1) is 56.1. The zero-order valence-electron chi connectivity index (χ0n) is 43.6. The SMILES string of the molecule is Cc1cc(C)c(C)cn1.Cc1ccc(C)c(C)n1.Cc1ccnc(C)c1C.Cc1cnc(C)c(C)c1.Cc1cnc(C)c(C)c1.Cc1cnc(C)c(C)c1C.Cc1cncc(C)c1C. The van der Waals surface area contributed by atoms with Crippen molar-refractivity contribution in [1.82, 2.24) is 34.9 Å². The third-order valence-corrected chi connectivity index (χ3v) is 11.5. The van der Waals surface area contributed by atoms with Gasteiger partial charge in [0.2, 0.25) is 0 Å². The molecule has 342 valence electrons. The lowest BCUT2D eigenvalue weighted by Gasteiger charge is -2.05. The maximum atomic E-state index is 4.27. The Balaban J connectivity index is 0.000000373. The molecule has 0 N–H and O–H groups in total. The molecule has 0 saturated heterocycles. The molecule has 0 bridgehead atoms. The molecule has 0 atom stereocenters. The summed E-state index contributed by atoms with van der Waals surface area (Å²) in [5.74, 6) is 0. The molecule has 0 amide bonds. The van der Waals surface area contributed by atoms with Gasteiger partial charge in [-0.05, 0) is 254 Å². The fourth-order valence-electron chi connectivity index (χ4n) is 5.58. The average molecular weight is 862 g/mol. The van der Waals surface area contributed by atoms with Gasteiger partial charge >= 0.3 is 0 Å². The molecule has 0 saturated carbocycles. The molecular weight excluding hydrogens is 783 g/mol. The van der Waals surface area contributed by atoms with E-state index < -0.39 is 0 Å². The van der Waals surface area contributed by atoms with Gasteiger partial charge in [-0.25, -0.2) is 0 Å². The second-order valence-corrected chi connectivity index (χ2v) is 17.1. The van der Waals surface area contributed by atoms with Crippen LogP contribution < -0.4 is 0 Å². The topological polar surface area (TPSA) is 90.2 Å². The van der Waals surface area contributed by atoms with Crippen molar-refractivity contribution in [2.75, 3.05) is 0 Å². The van der Waals surface area contributed by atoms with E-state index in [2.05, 4.69) is 163 Å². The first-order valence-corrected chi connectivity index (χ1v) is 22.1. The first-order chi connectivity index (χ1) is 29.8. The zero-order chi connectivity index (χ0) is 48.8. The summed E-state index contributed by atoms with van der Waals surface area (Å²) >= 11 is 0. The van der Waals surface area contributed by atoms with Crippen molar-refractivity contribution in [2.45, 2.75) is 152 Å². The minimum atomic E-state index is 1.10. The summed E-state index contributed by atoms with van der Waals surface area (Å²) in [5, 5.41) is 0. The van der Waals surface area contributed by atoms with Crippen LogP contribution in [0.2, 0.25) is 0 Å². The monoisotopic (exact) mass is 862 g/mol. The number of aromatic nitrogens is 7. The van der Waals surface area contributed by atoms with Crippen LogP contribution in [0.1, 0.15) is 123 Å². The van der Waals surface area contributed by atoms with Gasteiger partial charge in [0.1, 0.15) is 0 Å². The molecule has 0 aliphatic heterocycles. The lowest BCUT2D eigenvalue weighted by Crippen LogP contribution is -1.92. The van der Waals surface area contributed by atoms with Crippen molar-refractivity contribution in [3.05, 3.63) is 203 Å². The summed E-state index contributed by atoms with van der Waals surface area (Å²) < 4.78 is 0. The first-order valence-electron chi connectivity index (χ1n) is 22.1. The van der Waals surface area contributed by atoms with E-state index >= 15 is 0 Å². The van der Waals surface area contributed by atoms with Crippen molar-refractivity contribution in [3.63, 3.8) is 0 Å². The smallest absolute Gasteiger partial charge is 0.0404 e. The van der Waals surface area contributed by atoms with Gasteiger partial charge in [0, 0.05) is 83.2 Å². The predicted octanol–water partition coefficient (Wildman–Crippen LogP) is 14.4. The van der Waals surface area contributed by atoms with Crippen LogP contribution in [0.25, 0.3) is 0 Å². The molecule has 0 fully saturated rings. The third-order valence-electron chi connectivity index (χ3n) is 11.5. The molecule has 0 spiro atoms. The van der Waals surface area contributed by atoms with E-state index in [0.29, 0.717) is 0 Å². The van der Waals surface area contributed by atoms with E-state index in [9.17, 15) is 0 Å². The Morgan fingerprint density at radius 2 is 0.734 bits per heavy atom. The summed E-state index contributed by atoms with van der Waals surface area (Å²) in [5.41, 5.74) is 27.2. The Bertz CT molecular complexity index is 2220. The summed E-state index contributed by atoms with van der Waals surface area (Å²) in [4.78, 5) is 29.2. The molecule has 7 heterocycles. The molecule has 7 aromatic heterocycles. The molecule has 7 nitrogen and oxygen atoms in total. The Kier molecular flexibility index (Phi) is 24.5. The minimum absolute atomic E-state index is 1.10. The maximum absolute atomic E-state index is 4.27. The normalized spacial score (nSPS) is 9.72.